The molecule has 0 bridgehead atoms. The first-order valence-corrected chi connectivity index (χ1v) is 7.87. The number of carboxylic acid groups (broad SMARTS) is 2. The number of rotatable bonds is 6. The third-order valence-corrected chi connectivity index (χ3v) is 3.54. The summed E-state index contributed by atoms with van der Waals surface area (Å²) < 4.78 is 0. The van der Waals surface area contributed by atoms with E-state index >= 15 is 0 Å². The number of hydrogen-bond donors (Lipinski definition) is 4. The molecule has 0 radical (unpaired) electrons. The molecule has 1 aromatic rings. The van der Waals surface area contributed by atoms with Crippen molar-refractivity contribution in [3.05, 3.63) is 42.5 Å². The number of aliphatic hydroxyl groups is 2. The number of β-amino-alcohol motifs (C(OH)–C–C–N with tert-alkyl or cyclic N) is 1. The molecule has 0 amide bonds. The highest BCUT2D eigenvalue weighted by Crippen LogP contribution is 2.15. The predicted molar refractivity (Wildman–Crippen MR) is 92.6 cm³/mol. The Labute approximate surface area is 146 Å². The number of carboxylic acids is 2. The van der Waals surface area contributed by atoms with Gasteiger partial charge in [0.2, 0.25) is 0 Å². The molecule has 1 heterocycles. The zero-order valence-electron chi connectivity index (χ0n) is 13.9. The van der Waals surface area contributed by atoms with Crippen LogP contribution in [0.15, 0.2) is 42.5 Å². The van der Waals surface area contributed by atoms with Crippen molar-refractivity contribution in [1.29, 1.82) is 0 Å². The molecule has 25 heavy (non-hydrogen) atoms. The molecule has 0 spiro atoms. The Morgan fingerprint density at radius 1 is 1.00 bits per heavy atom. The van der Waals surface area contributed by atoms with Gasteiger partial charge in [-0.3, -0.25) is 4.90 Å². The summed E-state index contributed by atoms with van der Waals surface area (Å²) in [7, 11) is 0. The monoisotopic (exact) mass is 352 g/mol. The first-order valence-electron chi connectivity index (χ1n) is 7.87. The summed E-state index contributed by atoms with van der Waals surface area (Å²) in [5, 5.41) is 33.8. The van der Waals surface area contributed by atoms with Gasteiger partial charge in [0.15, 0.2) is 0 Å². The second-order valence-corrected chi connectivity index (χ2v) is 5.47. The molecule has 1 saturated heterocycles. The molecular formula is C17H24N2O6. The minimum absolute atomic E-state index is 0.154. The minimum Gasteiger partial charge on any atom is -0.478 e. The Kier molecular flexibility index (Phi) is 9.23. The van der Waals surface area contributed by atoms with Gasteiger partial charge in [0.05, 0.1) is 12.7 Å². The number of nitrogens with zero attached hydrogens (tertiary/aromatic N) is 2. The molecule has 1 fully saturated rings. The van der Waals surface area contributed by atoms with Crippen LogP contribution >= 0.6 is 0 Å². The first-order chi connectivity index (χ1) is 11.9. The molecule has 138 valence electrons. The summed E-state index contributed by atoms with van der Waals surface area (Å²) in [5.41, 5.74) is 1.26. The maximum atomic E-state index is 9.55. The van der Waals surface area contributed by atoms with Crippen LogP contribution < -0.4 is 4.90 Å². The van der Waals surface area contributed by atoms with E-state index in [0.717, 1.165) is 26.2 Å². The lowest BCUT2D eigenvalue weighted by Gasteiger charge is -2.36. The molecule has 0 aromatic heterocycles. The standard InChI is InChI=1S/C13H20N2O2.C4H4O4/c16-11-13(17)10-14-6-8-15(9-7-14)12-4-2-1-3-5-12;5-3(6)1-2-4(7)8/h1-5,13,16-17H,6-11H2;1-2H,(H,5,6)(H,7,8)/b;2-1+. The lowest BCUT2D eigenvalue weighted by atomic mass is 10.2. The van der Waals surface area contributed by atoms with Gasteiger partial charge >= 0.3 is 11.9 Å². The van der Waals surface area contributed by atoms with Crippen LogP contribution in [0.5, 0.6) is 0 Å². The molecule has 1 aromatic carbocycles. The van der Waals surface area contributed by atoms with Crippen molar-refractivity contribution in [2.45, 2.75) is 6.10 Å². The van der Waals surface area contributed by atoms with Crippen molar-refractivity contribution < 1.29 is 30.0 Å². The fraction of sp³-hybridized carbons (Fsp3) is 0.412. The van der Waals surface area contributed by atoms with E-state index in [4.69, 9.17) is 15.3 Å². The highest BCUT2D eigenvalue weighted by atomic mass is 16.4. The molecule has 1 aliphatic heterocycles. The quantitative estimate of drug-likeness (QED) is 0.523. The molecule has 4 N–H and O–H groups in total. The number of benzene rings is 1. The van der Waals surface area contributed by atoms with Gasteiger partial charge in [0.25, 0.3) is 0 Å². The lowest BCUT2D eigenvalue weighted by molar-refractivity contribution is -0.134. The summed E-state index contributed by atoms with van der Waals surface area (Å²) >= 11 is 0. The fourth-order valence-corrected chi connectivity index (χ4v) is 2.33. The Hall–Kier alpha value is -2.42. The van der Waals surface area contributed by atoms with Gasteiger partial charge in [-0.05, 0) is 12.1 Å². The van der Waals surface area contributed by atoms with Crippen molar-refractivity contribution in [3.63, 3.8) is 0 Å². The number of piperazine rings is 1. The summed E-state index contributed by atoms with van der Waals surface area (Å²) in [5.74, 6) is -2.51. The number of anilines is 1. The van der Waals surface area contributed by atoms with Crippen molar-refractivity contribution in [2.75, 3.05) is 44.2 Å². The molecule has 2 rings (SSSR count). The van der Waals surface area contributed by atoms with Crippen LogP contribution in [0.3, 0.4) is 0 Å². The number of hydrogen-bond acceptors (Lipinski definition) is 6. The molecular weight excluding hydrogens is 328 g/mol. The van der Waals surface area contributed by atoms with Crippen LogP contribution in [-0.4, -0.2) is 82.7 Å². The van der Waals surface area contributed by atoms with Gasteiger partial charge < -0.3 is 25.3 Å². The average Bonchev–Trinajstić information content (AvgIpc) is 2.62. The van der Waals surface area contributed by atoms with Crippen molar-refractivity contribution >= 4 is 17.6 Å². The summed E-state index contributed by atoms with van der Waals surface area (Å²) in [6.45, 7) is 4.24. The molecule has 1 aliphatic rings. The van der Waals surface area contributed by atoms with E-state index in [1.165, 1.54) is 5.69 Å². The van der Waals surface area contributed by atoms with E-state index in [1.807, 2.05) is 6.07 Å². The zero-order chi connectivity index (χ0) is 18.7. The van der Waals surface area contributed by atoms with Crippen molar-refractivity contribution in [2.24, 2.45) is 0 Å². The van der Waals surface area contributed by atoms with E-state index < -0.39 is 18.0 Å². The van der Waals surface area contributed by atoms with Crippen molar-refractivity contribution in [1.82, 2.24) is 4.90 Å². The molecule has 8 heteroatoms. The number of aliphatic hydroxyl groups excluding tert-OH is 2. The van der Waals surface area contributed by atoms with Crippen LogP contribution in [0.2, 0.25) is 0 Å². The SMILES string of the molecule is O=C(O)/C=C/C(=O)O.OCC(O)CN1CCN(c2ccccc2)CC1. The topological polar surface area (TPSA) is 122 Å². The second kappa shape index (κ2) is 11.2. The van der Waals surface area contributed by atoms with Gasteiger partial charge in [0, 0.05) is 50.6 Å². The maximum absolute atomic E-state index is 9.55. The first kappa shape index (κ1) is 20.6. The van der Waals surface area contributed by atoms with Gasteiger partial charge in [-0.25, -0.2) is 9.59 Å². The van der Waals surface area contributed by atoms with Gasteiger partial charge in [0.1, 0.15) is 0 Å². The smallest absolute Gasteiger partial charge is 0.328 e. The highest BCUT2D eigenvalue weighted by Gasteiger charge is 2.18. The van der Waals surface area contributed by atoms with E-state index in [9.17, 15) is 14.7 Å². The number of carbonyl (C=O) groups is 2. The van der Waals surface area contributed by atoms with E-state index in [-0.39, 0.29) is 6.61 Å². The largest absolute Gasteiger partial charge is 0.478 e. The Bertz CT molecular complexity index is 540. The van der Waals surface area contributed by atoms with Crippen molar-refractivity contribution in [3.8, 4) is 0 Å². The Balaban J connectivity index is 0.000000333. The third kappa shape index (κ3) is 8.85. The summed E-state index contributed by atoms with van der Waals surface area (Å²) in [6, 6.07) is 10.4. The third-order valence-electron chi connectivity index (χ3n) is 3.54. The normalized spacial score (nSPS) is 16.2. The van der Waals surface area contributed by atoms with Crippen LogP contribution in [0.4, 0.5) is 5.69 Å². The minimum atomic E-state index is -1.26. The number of aliphatic carboxylic acids is 2. The maximum Gasteiger partial charge on any atom is 0.328 e. The van der Waals surface area contributed by atoms with Crippen LogP contribution in [0, 0.1) is 0 Å². The van der Waals surface area contributed by atoms with Gasteiger partial charge in [-0.1, -0.05) is 18.2 Å². The number of para-hydroxylation sites is 1. The lowest BCUT2D eigenvalue weighted by Crippen LogP contribution is -2.49. The van der Waals surface area contributed by atoms with E-state index in [1.54, 1.807) is 0 Å². The molecule has 8 nitrogen and oxygen atoms in total. The Morgan fingerprint density at radius 3 is 1.96 bits per heavy atom. The van der Waals surface area contributed by atoms with Gasteiger partial charge in [-0.2, -0.15) is 0 Å². The molecule has 0 aliphatic carbocycles. The molecule has 0 saturated carbocycles. The van der Waals surface area contributed by atoms with Crippen LogP contribution in [-0.2, 0) is 9.59 Å². The fourth-order valence-electron chi connectivity index (χ4n) is 2.33. The zero-order valence-corrected chi connectivity index (χ0v) is 13.9. The Morgan fingerprint density at radius 2 is 1.52 bits per heavy atom. The predicted octanol–water partition coefficient (Wildman–Crippen LogP) is -0.126. The molecule has 1 atom stereocenters. The van der Waals surface area contributed by atoms with Crippen LogP contribution in [0.1, 0.15) is 0 Å². The summed E-state index contributed by atoms with van der Waals surface area (Å²) in [4.78, 5) is 23.7. The highest BCUT2D eigenvalue weighted by molar-refractivity contribution is 5.89. The average molecular weight is 352 g/mol. The van der Waals surface area contributed by atoms with E-state index in [0.29, 0.717) is 18.7 Å². The molecule has 1 unspecified atom stereocenters. The van der Waals surface area contributed by atoms with Crippen LogP contribution in [0.25, 0.3) is 0 Å². The summed E-state index contributed by atoms with van der Waals surface area (Å²) in [6.07, 6.45) is 0.503. The second-order valence-electron chi connectivity index (χ2n) is 5.47. The van der Waals surface area contributed by atoms with Gasteiger partial charge in [-0.15, -0.1) is 0 Å². The van der Waals surface area contributed by atoms with E-state index in [2.05, 4.69) is 34.1 Å².